The third kappa shape index (κ3) is 32.7. The van der Waals surface area contributed by atoms with E-state index in [1.54, 1.807) is 0 Å². The van der Waals surface area contributed by atoms with Gasteiger partial charge in [0.1, 0.15) is 0 Å². The molecule has 0 aromatic rings. The summed E-state index contributed by atoms with van der Waals surface area (Å²) < 4.78 is 0. The van der Waals surface area contributed by atoms with E-state index < -0.39 is 0 Å². The average molecular weight is 599 g/mol. The summed E-state index contributed by atoms with van der Waals surface area (Å²) in [6, 6.07) is 0. The van der Waals surface area contributed by atoms with Crippen LogP contribution in [0.3, 0.4) is 0 Å². The Balaban J connectivity index is 3.28. The van der Waals surface area contributed by atoms with Crippen molar-refractivity contribution in [1.82, 2.24) is 0 Å². The molecule has 4 nitrogen and oxygen atoms in total. The first-order valence-electron chi connectivity index (χ1n) is 19.2. The van der Waals surface area contributed by atoms with Gasteiger partial charge in [-0.15, -0.1) is 0 Å². The number of unbranched alkanes of at least 4 members (excludes halogenated alkanes) is 21. The van der Waals surface area contributed by atoms with E-state index in [1.165, 1.54) is 128 Å². The molecule has 4 unspecified atom stereocenters. The fourth-order valence-corrected chi connectivity index (χ4v) is 6.20. The van der Waals surface area contributed by atoms with Gasteiger partial charge in [-0.05, 0) is 51.4 Å². The molecule has 4 N–H and O–H groups in total. The molecular weight excluding hydrogens is 520 g/mol. The van der Waals surface area contributed by atoms with Gasteiger partial charge in [-0.1, -0.05) is 168 Å². The van der Waals surface area contributed by atoms with Crippen molar-refractivity contribution in [3.05, 3.63) is 0 Å². The Kier molecular flexibility index (Phi) is 33.6. The van der Waals surface area contributed by atoms with Gasteiger partial charge in [-0.25, -0.2) is 0 Å². The van der Waals surface area contributed by atoms with Gasteiger partial charge in [0, 0.05) is 0 Å². The van der Waals surface area contributed by atoms with Crippen molar-refractivity contribution < 1.29 is 20.4 Å². The monoisotopic (exact) mass is 599 g/mol. The molecule has 254 valence electrons. The lowest BCUT2D eigenvalue weighted by Gasteiger charge is -2.14. The van der Waals surface area contributed by atoms with E-state index in [0.717, 1.165) is 77.0 Å². The maximum Gasteiger partial charge on any atom is 0.0541 e. The molecule has 0 aromatic heterocycles. The van der Waals surface area contributed by atoms with E-state index in [9.17, 15) is 20.4 Å². The lowest BCUT2D eigenvalue weighted by atomic mass is 10.00. The SMILES string of the molecule is CCCCCCC(O)CCC(O)CCCCCCCCCCCCCCCCCCC(O)CCC(O)CCCCCC. The third-order valence-corrected chi connectivity index (χ3v) is 9.27. The van der Waals surface area contributed by atoms with Crippen molar-refractivity contribution in [3.63, 3.8) is 0 Å². The lowest BCUT2D eigenvalue weighted by molar-refractivity contribution is 0.101. The third-order valence-electron chi connectivity index (χ3n) is 9.27. The summed E-state index contributed by atoms with van der Waals surface area (Å²) >= 11 is 0. The Morgan fingerprint density at radius 2 is 0.405 bits per heavy atom. The van der Waals surface area contributed by atoms with Gasteiger partial charge in [-0.2, -0.15) is 0 Å². The van der Waals surface area contributed by atoms with E-state index in [1.807, 2.05) is 0 Å². The Morgan fingerprint density at radius 3 is 0.595 bits per heavy atom. The first kappa shape index (κ1) is 41.8. The topological polar surface area (TPSA) is 80.9 Å². The van der Waals surface area contributed by atoms with Crippen LogP contribution in [0.1, 0.15) is 219 Å². The summed E-state index contributed by atoms with van der Waals surface area (Å²) in [4.78, 5) is 0. The van der Waals surface area contributed by atoms with Gasteiger partial charge in [0.25, 0.3) is 0 Å². The Labute approximate surface area is 263 Å². The predicted molar refractivity (Wildman–Crippen MR) is 183 cm³/mol. The summed E-state index contributed by atoms with van der Waals surface area (Å²) in [5.41, 5.74) is 0. The van der Waals surface area contributed by atoms with Crippen molar-refractivity contribution >= 4 is 0 Å². The molecule has 0 rings (SSSR count). The molecule has 0 aromatic carbocycles. The molecule has 0 aliphatic carbocycles. The molecule has 0 saturated carbocycles. The van der Waals surface area contributed by atoms with Crippen molar-refractivity contribution in [2.24, 2.45) is 0 Å². The van der Waals surface area contributed by atoms with Crippen LogP contribution < -0.4 is 0 Å². The number of hydrogen-bond donors (Lipinski definition) is 4. The minimum absolute atomic E-state index is 0.222. The van der Waals surface area contributed by atoms with Crippen molar-refractivity contribution in [2.75, 3.05) is 0 Å². The average Bonchev–Trinajstić information content (AvgIpc) is 2.98. The standard InChI is InChI=1S/C38H78O4/c1-3-5-7-23-27-35(39)31-33-37(41)29-25-21-19-17-15-13-11-9-10-12-14-16-18-20-22-26-30-38(42)34-32-36(40)28-24-8-6-4-2/h35-42H,3-34H2,1-2H3. The minimum atomic E-state index is -0.227. The minimum Gasteiger partial charge on any atom is -0.393 e. The van der Waals surface area contributed by atoms with Gasteiger partial charge in [0.05, 0.1) is 24.4 Å². The van der Waals surface area contributed by atoms with Gasteiger partial charge in [0.2, 0.25) is 0 Å². The normalized spacial score (nSPS) is 14.7. The summed E-state index contributed by atoms with van der Waals surface area (Å²) in [6.07, 6.45) is 36.4. The van der Waals surface area contributed by atoms with Crippen LogP contribution in [0.2, 0.25) is 0 Å². The summed E-state index contributed by atoms with van der Waals surface area (Å²) in [6.45, 7) is 4.42. The molecule has 0 aliphatic heterocycles. The maximum atomic E-state index is 10.2. The summed E-state index contributed by atoms with van der Waals surface area (Å²) in [5, 5.41) is 40.5. The first-order chi connectivity index (χ1) is 20.5. The van der Waals surface area contributed by atoms with E-state index in [-0.39, 0.29) is 24.4 Å². The van der Waals surface area contributed by atoms with Crippen LogP contribution in [0.15, 0.2) is 0 Å². The molecule has 0 saturated heterocycles. The van der Waals surface area contributed by atoms with Crippen LogP contribution in [-0.2, 0) is 0 Å². The molecular formula is C38H78O4. The van der Waals surface area contributed by atoms with Gasteiger partial charge in [0.15, 0.2) is 0 Å². The molecule has 0 radical (unpaired) electrons. The zero-order chi connectivity index (χ0) is 30.9. The quantitative estimate of drug-likeness (QED) is 0.0547. The molecule has 42 heavy (non-hydrogen) atoms. The van der Waals surface area contributed by atoms with Crippen molar-refractivity contribution in [2.45, 2.75) is 244 Å². The second-order valence-electron chi connectivity index (χ2n) is 13.7. The second-order valence-corrected chi connectivity index (χ2v) is 13.7. The van der Waals surface area contributed by atoms with Crippen LogP contribution >= 0.6 is 0 Å². The fraction of sp³-hybridized carbons (Fsp3) is 1.00. The highest BCUT2D eigenvalue weighted by Crippen LogP contribution is 2.18. The van der Waals surface area contributed by atoms with E-state index in [0.29, 0.717) is 0 Å². The maximum absolute atomic E-state index is 10.2. The highest BCUT2D eigenvalue weighted by Gasteiger charge is 2.10. The van der Waals surface area contributed by atoms with Crippen LogP contribution in [0.4, 0.5) is 0 Å². The molecule has 0 fully saturated rings. The van der Waals surface area contributed by atoms with Gasteiger partial charge in [-0.3, -0.25) is 0 Å². The molecule has 4 atom stereocenters. The number of rotatable bonds is 35. The fourth-order valence-electron chi connectivity index (χ4n) is 6.20. The first-order valence-corrected chi connectivity index (χ1v) is 19.2. The number of hydrogen-bond acceptors (Lipinski definition) is 4. The van der Waals surface area contributed by atoms with Gasteiger partial charge < -0.3 is 20.4 Å². The largest absolute Gasteiger partial charge is 0.393 e. The van der Waals surface area contributed by atoms with E-state index in [4.69, 9.17) is 0 Å². The smallest absolute Gasteiger partial charge is 0.0541 e. The van der Waals surface area contributed by atoms with Crippen molar-refractivity contribution in [3.8, 4) is 0 Å². The Hall–Kier alpha value is -0.160. The highest BCUT2D eigenvalue weighted by molar-refractivity contribution is 4.64. The Morgan fingerprint density at radius 1 is 0.238 bits per heavy atom. The predicted octanol–water partition coefficient (Wildman–Crippen LogP) is 11.0. The van der Waals surface area contributed by atoms with Crippen LogP contribution in [0.5, 0.6) is 0 Å². The van der Waals surface area contributed by atoms with Crippen LogP contribution in [0.25, 0.3) is 0 Å². The van der Waals surface area contributed by atoms with E-state index in [2.05, 4.69) is 13.8 Å². The number of aliphatic hydroxyl groups excluding tert-OH is 4. The van der Waals surface area contributed by atoms with Crippen molar-refractivity contribution in [1.29, 1.82) is 0 Å². The molecule has 4 heteroatoms. The second kappa shape index (κ2) is 33.7. The Bertz CT molecular complexity index is 455. The molecule has 0 heterocycles. The highest BCUT2D eigenvalue weighted by atomic mass is 16.3. The van der Waals surface area contributed by atoms with Crippen LogP contribution in [0, 0.1) is 0 Å². The molecule has 0 spiro atoms. The van der Waals surface area contributed by atoms with Crippen LogP contribution in [-0.4, -0.2) is 44.8 Å². The van der Waals surface area contributed by atoms with Gasteiger partial charge >= 0.3 is 0 Å². The lowest BCUT2D eigenvalue weighted by Crippen LogP contribution is -2.13. The zero-order valence-electron chi connectivity index (χ0n) is 28.7. The molecule has 0 amide bonds. The molecule has 0 bridgehead atoms. The zero-order valence-corrected chi connectivity index (χ0v) is 28.7. The molecule has 0 aliphatic rings. The summed E-state index contributed by atoms with van der Waals surface area (Å²) in [7, 11) is 0. The summed E-state index contributed by atoms with van der Waals surface area (Å²) in [5.74, 6) is 0. The van der Waals surface area contributed by atoms with E-state index >= 15 is 0 Å². The number of aliphatic hydroxyl groups is 4.